The molecule has 0 aliphatic carbocycles. The predicted molar refractivity (Wildman–Crippen MR) is 106 cm³/mol. The maximum Gasteiger partial charge on any atom is 0.343 e. The van der Waals surface area contributed by atoms with Crippen molar-refractivity contribution >= 4 is 23.6 Å². The van der Waals surface area contributed by atoms with Crippen molar-refractivity contribution < 1.29 is 18.7 Å². The zero-order valence-corrected chi connectivity index (χ0v) is 17.1. The number of furan rings is 1. The standard InChI is InChI=1S/C20H25N3O4S/c1-14-17(19(28-2)22-18(21-14)15-9-8-12-26-15)20(25)27-13-16(24)23-10-6-4-3-5-7-11-23/h8-9,12H,3-7,10-11,13H2,1-2H3. The van der Waals surface area contributed by atoms with Gasteiger partial charge in [-0.1, -0.05) is 19.3 Å². The van der Waals surface area contributed by atoms with Crippen molar-refractivity contribution in [3.8, 4) is 11.6 Å². The van der Waals surface area contributed by atoms with Gasteiger partial charge in [-0.3, -0.25) is 4.79 Å². The van der Waals surface area contributed by atoms with E-state index in [-0.39, 0.29) is 12.5 Å². The molecule has 1 fully saturated rings. The van der Waals surface area contributed by atoms with Crippen LogP contribution in [0, 0.1) is 6.92 Å². The van der Waals surface area contributed by atoms with Crippen LogP contribution in [0.1, 0.15) is 48.2 Å². The molecule has 0 radical (unpaired) electrons. The largest absolute Gasteiger partial charge is 0.461 e. The van der Waals surface area contributed by atoms with Gasteiger partial charge < -0.3 is 14.1 Å². The SMILES string of the molecule is CSc1nc(-c2ccco2)nc(C)c1C(=O)OCC(=O)N1CCCCCCC1. The van der Waals surface area contributed by atoms with Gasteiger partial charge in [-0.05, 0) is 38.2 Å². The van der Waals surface area contributed by atoms with Crippen molar-refractivity contribution in [3.63, 3.8) is 0 Å². The smallest absolute Gasteiger partial charge is 0.343 e. The van der Waals surface area contributed by atoms with Crippen LogP contribution in [0.4, 0.5) is 0 Å². The van der Waals surface area contributed by atoms with Crippen LogP contribution in [0.3, 0.4) is 0 Å². The molecule has 2 aromatic rings. The molecule has 1 aliphatic rings. The van der Waals surface area contributed by atoms with E-state index in [0.717, 1.165) is 38.8 Å². The summed E-state index contributed by atoms with van der Waals surface area (Å²) in [7, 11) is 0. The molecule has 0 atom stereocenters. The zero-order chi connectivity index (χ0) is 19.9. The first-order valence-corrected chi connectivity index (χ1v) is 10.7. The number of nitrogens with zero attached hydrogens (tertiary/aromatic N) is 3. The number of hydrogen-bond acceptors (Lipinski definition) is 7. The number of aryl methyl sites for hydroxylation is 1. The lowest BCUT2D eigenvalue weighted by atomic mass is 10.1. The Hall–Kier alpha value is -2.35. The number of thioether (sulfide) groups is 1. The molecule has 3 rings (SSSR count). The maximum atomic E-state index is 12.6. The molecule has 1 amide bonds. The Balaban J connectivity index is 1.69. The van der Waals surface area contributed by atoms with Gasteiger partial charge in [-0.15, -0.1) is 11.8 Å². The topological polar surface area (TPSA) is 85.5 Å². The van der Waals surface area contributed by atoms with Gasteiger partial charge in [0.25, 0.3) is 5.91 Å². The van der Waals surface area contributed by atoms with Gasteiger partial charge in [0.05, 0.1) is 12.0 Å². The second-order valence-electron chi connectivity index (χ2n) is 6.72. The van der Waals surface area contributed by atoms with Crippen LogP contribution in [0.15, 0.2) is 27.8 Å². The fraction of sp³-hybridized carbons (Fsp3) is 0.500. The van der Waals surface area contributed by atoms with E-state index in [0.29, 0.717) is 27.9 Å². The van der Waals surface area contributed by atoms with Crippen LogP contribution in [-0.4, -0.2) is 52.7 Å². The molecular weight excluding hydrogens is 378 g/mol. The molecule has 0 aromatic carbocycles. The fourth-order valence-electron chi connectivity index (χ4n) is 3.23. The van der Waals surface area contributed by atoms with Gasteiger partial charge in [-0.25, -0.2) is 14.8 Å². The molecule has 2 aromatic heterocycles. The lowest BCUT2D eigenvalue weighted by Gasteiger charge is -2.24. The van der Waals surface area contributed by atoms with Gasteiger partial charge in [0.1, 0.15) is 10.6 Å². The van der Waals surface area contributed by atoms with Crippen LogP contribution in [0.25, 0.3) is 11.6 Å². The Bertz CT molecular complexity index is 815. The van der Waals surface area contributed by atoms with Crippen molar-refractivity contribution in [1.82, 2.24) is 14.9 Å². The number of ether oxygens (including phenoxy) is 1. The third kappa shape index (κ3) is 4.92. The number of hydrogen-bond donors (Lipinski definition) is 0. The van der Waals surface area contributed by atoms with Crippen LogP contribution < -0.4 is 0 Å². The van der Waals surface area contributed by atoms with Crippen molar-refractivity contribution in [2.24, 2.45) is 0 Å². The van der Waals surface area contributed by atoms with E-state index in [2.05, 4.69) is 9.97 Å². The summed E-state index contributed by atoms with van der Waals surface area (Å²) in [4.78, 5) is 35.7. The van der Waals surface area contributed by atoms with E-state index in [4.69, 9.17) is 9.15 Å². The molecule has 1 saturated heterocycles. The summed E-state index contributed by atoms with van der Waals surface area (Å²) in [6, 6.07) is 3.52. The minimum Gasteiger partial charge on any atom is -0.461 e. The number of carbonyl (C=O) groups is 2. The monoisotopic (exact) mass is 403 g/mol. The maximum absolute atomic E-state index is 12.6. The van der Waals surface area contributed by atoms with Crippen LogP contribution >= 0.6 is 11.8 Å². The van der Waals surface area contributed by atoms with Crippen LogP contribution in [0.2, 0.25) is 0 Å². The number of rotatable bonds is 5. The predicted octanol–water partition coefficient (Wildman–Crippen LogP) is 3.72. The van der Waals surface area contributed by atoms with Crippen LogP contribution in [0.5, 0.6) is 0 Å². The van der Waals surface area contributed by atoms with E-state index < -0.39 is 5.97 Å². The highest BCUT2D eigenvalue weighted by Gasteiger charge is 2.23. The molecule has 150 valence electrons. The van der Waals surface area contributed by atoms with E-state index in [9.17, 15) is 9.59 Å². The van der Waals surface area contributed by atoms with Crippen molar-refractivity contribution in [2.75, 3.05) is 26.0 Å². The highest BCUT2D eigenvalue weighted by Crippen LogP contribution is 2.25. The summed E-state index contributed by atoms with van der Waals surface area (Å²) in [5.41, 5.74) is 0.790. The molecule has 0 bridgehead atoms. The van der Waals surface area contributed by atoms with Gasteiger partial charge in [0, 0.05) is 13.1 Å². The average molecular weight is 404 g/mol. The third-order valence-corrected chi connectivity index (χ3v) is 5.41. The number of aromatic nitrogens is 2. The summed E-state index contributed by atoms with van der Waals surface area (Å²) < 4.78 is 10.7. The highest BCUT2D eigenvalue weighted by atomic mass is 32.2. The van der Waals surface area contributed by atoms with Crippen LogP contribution in [-0.2, 0) is 9.53 Å². The second-order valence-corrected chi connectivity index (χ2v) is 7.51. The minimum atomic E-state index is -0.576. The normalized spacial score (nSPS) is 15.0. The van der Waals surface area contributed by atoms with E-state index in [1.807, 2.05) is 6.26 Å². The summed E-state index contributed by atoms with van der Waals surface area (Å²) >= 11 is 1.33. The van der Waals surface area contributed by atoms with E-state index >= 15 is 0 Å². The van der Waals surface area contributed by atoms with E-state index in [1.54, 1.807) is 30.2 Å². The average Bonchev–Trinajstić information content (AvgIpc) is 3.19. The Morgan fingerprint density at radius 1 is 1.18 bits per heavy atom. The summed E-state index contributed by atoms with van der Waals surface area (Å²) in [5.74, 6) is 0.227. The van der Waals surface area contributed by atoms with Gasteiger partial charge in [0.2, 0.25) is 0 Å². The summed E-state index contributed by atoms with van der Waals surface area (Å²) in [5, 5.41) is 0.502. The molecule has 3 heterocycles. The molecule has 8 heteroatoms. The van der Waals surface area contributed by atoms with E-state index in [1.165, 1.54) is 18.2 Å². The number of likely N-dealkylation sites (tertiary alicyclic amines) is 1. The molecule has 28 heavy (non-hydrogen) atoms. The van der Waals surface area contributed by atoms with Crippen molar-refractivity contribution in [1.29, 1.82) is 0 Å². The lowest BCUT2D eigenvalue weighted by molar-refractivity contribution is -0.134. The van der Waals surface area contributed by atoms with Gasteiger partial charge in [-0.2, -0.15) is 0 Å². The Morgan fingerprint density at radius 3 is 2.54 bits per heavy atom. The van der Waals surface area contributed by atoms with Gasteiger partial charge in [0.15, 0.2) is 18.2 Å². The third-order valence-electron chi connectivity index (χ3n) is 4.73. The first kappa shape index (κ1) is 20.4. The summed E-state index contributed by atoms with van der Waals surface area (Å²) in [6.07, 6.45) is 8.87. The molecule has 1 aliphatic heterocycles. The Morgan fingerprint density at radius 2 is 1.89 bits per heavy atom. The molecular formula is C20H25N3O4S. The second kappa shape index (κ2) is 9.73. The fourth-order valence-corrected chi connectivity index (χ4v) is 3.85. The lowest BCUT2D eigenvalue weighted by Crippen LogP contribution is -2.37. The first-order chi connectivity index (χ1) is 13.6. The zero-order valence-electron chi connectivity index (χ0n) is 16.3. The first-order valence-electron chi connectivity index (χ1n) is 9.51. The molecule has 0 unspecified atom stereocenters. The number of carbonyl (C=O) groups excluding carboxylic acids is 2. The summed E-state index contributed by atoms with van der Waals surface area (Å²) in [6.45, 7) is 2.93. The highest BCUT2D eigenvalue weighted by molar-refractivity contribution is 7.98. The Labute approximate surface area is 168 Å². The number of esters is 1. The molecule has 0 N–H and O–H groups in total. The molecule has 0 saturated carbocycles. The number of amides is 1. The van der Waals surface area contributed by atoms with Gasteiger partial charge >= 0.3 is 5.97 Å². The van der Waals surface area contributed by atoms with Crippen molar-refractivity contribution in [2.45, 2.75) is 44.1 Å². The Kier molecular flexibility index (Phi) is 7.08. The molecule has 0 spiro atoms. The van der Waals surface area contributed by atoms with Crippen molar-refractivity contribution in [3.05, 3.63) is 29.7 Å². The molecule has 7 nitrogen and oxygen atoms in total. The minimum absolute atomic E-state index is 0.147. The quantitative estimate of drug-likeness (QED) is 0.427.